The van der Waals surface area contributed by atoms with Crippen molar-refractivity contribution in [2.75, 3.05) is 32.7 Å². The van der Waals surface area contributed by atoms with Gasteiger partial charge >= 0.3 is 0 Å². The third-order valence-corrected chi connectivity index (χ3v) is 4.06. The molecular formula is C16H28N4S. The van der Waals surface area contributed by atoms with Crippen LogP contribution in [-0.4, -0.2) is 43.6 Å². The Labute approximate surface area is 133 Å². The molecule has 1 atom stereocenters. The van der Waals surface area contributed by atoms with Gasteiger partial charge in [-0.05, 0) is 42.4 Å². The lowest BCUT2D eigenvalue weighted by Crippen LogP contribution is -2.38. The Morgan fingerprint density at radius 1 is 1.38 bits per heavy atom. The van der Waals surface area contributed by atoms with E-state index in [0.29, 0.717) is 6.04 Å². The highest BCUT2D eigenvalue weighted by Crippen LogP contribution is 2.23. The molecule has 0 saturated carbocycles. The molecule has 0 amide bonds. The van der Waals surface area contributed by atoms with Gasteiger partial charge in [-0.25, -0.2) is 0 Å². The molecule has 0 spiro atoms. The molecule has 21 heavy (non-hydrogen) atoms. The smallest absolute Gasteiger partial charge is 0.191 e. The van der Waals surface area contributed by atoms with Crippen LogP contribution in [0.25, 0.3) is 0 Å². The van der Waals surface area contributed by atoms with Crippen molar-refractivity contribution in [2.45, 2.75) is 26.8 Å². The first kappa shape index (κ1) is 17.7. The second-order valence-corrected chi connectivity index (χ2v) is 5.46. The number of rotatable bonds is 9. The van der Waals surface area contributed by atoms with Gasteiger partial charge in [-0.1, -0.05) is 19.9 Å². The monoisotopic (exact) mass is 308 g/mol. The molecule has 0 aliphatic carbocycles. The number of nitrogens with zero attached hydrogens (tertiary/aromatic N) is 2. The summed E-state index contributed by atoms with van der Waals surface area (Å²) in [5, 5.41) is 10.9. The van der Waals surface area contributed by atoms with Crippen LogP contribution in [0, 0.1) is 0 Å². The van der Waals surface area contributed by atoms with Crippen LogP contribution in [0.4, 0.5) is 0 Å². The minimum atomic E-state index is 0.338. The van der Waals surface area contributed by atoms with Gasteiger partial charge in [-0.3, -0.25) is 9.89 Å². The van der Waals surface area contributed by atoms with E-state index in [1.807, 2.05) is 6.08 Å². The minimum absolute atomic E-state index is 0.338. The van der Waals surface area contributed by atoms with Crippen molar-refractivity contribution in [2.24, 2.45) is 4.99 Å². The fourth-order valence-corrected chi connectivity index (χ4v) is 2.96. The summed E-state index contributed by atoms with van der Waals surface area (Å²) < 4.78 is 0. The molecule has 4 nitrogen and oxygen atoms in total. The number of nitrogens with one attached hydrogen (secondary N) is 2. The molecule has 0 radical (unpaired) electrons. The Morgan fingerprint density at radius 2 is 2.14 bits per heavy atom. The summed E-state index contributed by atoms with van der Waals surface area (Å²) in [6.07, 6.45) is 1.84. The first-order valence-corrected chi connectivity index (χ1v) is 8.60. The normalized spacial score (nSPS) is 13.2. The van der Waals surface area contributed by atoms with Crippen LogP contribution in [0.2, 0.25) is 0 Å². The molecule has 1 rings (SSSR count). The maximum Gasteiger partial charge on any atom is 0.191 e. The maximum atomic E-state index is 4.73. The summed E-state index contributed by atoms with van der Waals surface area (Å²) in [7, 11) is 0. The van der Waals surface area contributed by atoms with Gasteiger partial charge in [-0.15, -0.1) is 6.58 Å². The molecule has 0 aliphatic rings. The van der Waals surface area contributed by atoms with E-state index in [2.05, 4.69) is 59.7 Å². The lowest BCUT2D eigenvalue weighted by Gasteiger charge is -2.28. The largest absolute Gasteiger partial charge is 0.357 e. The van der Waals surface area contributed by atoms with Gasteiger partial charge in [0.1, 0.15) is 0 Å². The zero-order valence-corrected chi connectivity index (χ0v) is 14.2. The molecule has 2 N–H and O–H groups in total. The molecule has 0 bridgehead atoms. The molecule has 5 heteroatoms. The van der Waals surface area contributed by atoms with Gasteiger partial charge in [-0.2, -0.15) is 11.3 Å². The number of thiophene rings is 1. The Morgan fingerprint density at radius 3 is 2.67 bits per heavy atom. The van der Waals surface area contributed by atoms with Crippen molar-refractivity contribution in [1.82, 2.24) is 15.5 Å². The van der Waals surface area contributed by atoms with E-state index in [-0.39, 0.29) is 0 Å². The van der Waals surface area contributed by atoms with Gasteiger partial charge in [0.15, 0.2) is 5.96 Å². The summed E-state index contributed by atoms with van der Waals surface area (Å²) in [6, 6.07) is 2.54. The topological polar surface area (TPSA) is 39.7 Å². The maximum absolute atomic E-state index is 4.73. The Hall–Kier alpha value is -1.33. The number of guanidine groups is 1. The van der Waals surface area contributed by atoms with E-state index in [9.17, 15) is 0 Å². The Kier molecular flexibility index (Phi) is 8.78. The Bertz CT molecular complexity index is 410. The third kappa shape index (κ3) is 5.89. The van der Waals surface area contributed by atoms with E-state index >= 15 is 0 Å². The first-order valence-electron chi connectivity index (χ1n) is 7.65. The van der Waals surface area contributed by atoms with Crippen LogP contribution in [-0.2, 0) is 0 Å². The molecule has 1 heterocycles. The molecule has 1 aromatic heterocycles. The predicted molar refractivity (Wildman–Crippen MR) is 94.2 cm³/mol. The van der Waals surface area contributed by atoms with Crippen LogP contribution in [0.3, 0.4) is 0 Å². The summed E-state index contributed by atoms with van der Waals surface area (Å²) in [6.45, 7) is 14.6. The second kappa shape index (κ2) is 10.4. The molecule has 1 aromatic rings. The number of hydrogen-bond donors (Lipinski definition) is 2. The fraction of sp³-hybridized carbons (Fsp3) is 0.562. The molecular weight excluding hydrogens is 280 g/mol. The van der Waals surface area contributed by atoms with Crippen LogP contribution in [0.15, 0.2) is 34.5 Å². The van der Waals surface area contributed by atoms with Crippen molar-refractivity contribution < 1.29 is 0 Å². The molecule has 0 aromatic carbocycles. The number of aliphatic imine (C=N–C) groups is 1. The summed E-state index contributed by atoms with van der Waals surface area (Å²) in [5.74, 6) is 0.852. The molecule has 118 valence electrons. The Balaban J connectivity index is 2.81. The average Bonchev–Trinajstić information content (AvgIpc) is 3.02. The van der Waals surface area contributed by atoms with Crippen LogP contribution < -0.4 is 10.6 Å². The summed E-state index contributed by atoms with van der Waals surface area (Å²) >= 11 is 1.75. The number of likely N-dealkylation sites (N-methyl/N-ethyl adjacent to an activating group) is 1. The highest BCUT2D eigenvalue weighted by atomic mass is 32.1. The summed E-state index contributed by atoms with van der Waals surface area (Å²) in [4.78, 5) is 7.18. The molecule has 0 saturated heterocycles. The molecule has 1 unspecified atom stereocenters. The highest BCUT2D eigenvalue weighted by molar-refractivity contribution is 7.07. The number of hydrogen-bond acceptors (Lipinski definition) is 3. The van der Waals surface area contributed by atoms with Crippen molar-refractivity contribution in [3.05, 3.63) is 35.0 Å². The van der Waals surface area contributed by atoms with E-state index < -0.39 is 0 Å². The van der Waals surface area contributed by atoms with Crippen molar-refractivity contribution in [1.29, 1.82) is 0 Å². The van der Waals surface area contributed by atoms with Crippen LogP contribution >= 0.6 is 11.3 Å². The van der Waals surface area contributed by atoms with Gasteiger partial charge < -0.3 is 10.6 Å². The summed E-state index contributed by atoms with van der Waals surface area (Å²) in [5.41, 5.74) is 1.35. The lowest BCUT2D eigenvalue weighted by atomic mass is 10.1. The zero-order valence-electron chi connectivity index (χ0n) is 13.4. The van der Waals surface area contributed by atoms with E-state index in [1.54, 1.807) is 11.3 Å². The first-order chi connectivity index (χ1) is 10.3. The van der Waals surface area contributed by atoms with Crippen molar-refractivity contribution >= 4 is 17.3 Å². The standard InChI is InChI=1S/C16H28N4S/c1-5-10-18-16(17-6-2)19-12-15(20(7-3)8-4)14-9-11-21-13-14/h5,9,11,13,15H,1,6-8,10,12H2,2-4H3,(H2,17,18,19). The minimum Gasteiger partial charge on any atom is -0.357 e. The van der Waals surface area contributed by atoms with E-state index in [1.165, 1.54) is 5.56 Å². The van der Waals surface area contributed by atoms with Crippen LogP contribution in [0.1, 0.15) is 32.4 Å². The second-order valence-electron chi connectivity index (χ2n) is 4.68. The van der Waals surface area contributed by atoms with Crippen molar-refractivity contribution in [3.8, 4) is 0 Å². The average molecular weight is 308 g/mol. The van der Waals surface area contributed by atoms with E-state index in [0.717, 1.165) is 38.7 Å². The van der Waals surface area contributed by atoms with Gasteiger partial charge in [0.25, 0.3) is 0 Å². The van der Waals surface area contributed by atoms with E-state index in [4.69, 9.17) is 4.99 Å². The van der Waals surface area contributed by atoms with Gasteiger partial charge in [0.05, 0.1) is 12.6 Å². The van der Waals surface area contributed by atoms with Crippen molar-refractivity contribution in [3.63, 3.8) is 0 Å². The molecule has 0 fully saturated rings. The quantitative estimate of drug-likeness (QED) is 0.419. The zero-order chi connectivity index (χ0) is 15.5. The fourth-order valence-electron chi connectivity index (χ4n) is 2.25. The molecule has 0 aliphatic heterocycles. The predicted octanol–water partition coefficient (Wildman–Crippen LogP) is 2.87. The SMILES string of the molecule is C=CCNC(=NCC(c1ccsc1)N(CC)CC)NCC. The van der Waals surface area contributed by atoms with Gasteiger partial charge in [0, 0.05) is 13.1 Å². The van der Waals surface area contributed by atoms with Gasteiger partial charge in [0.2, 0.25) is 0 Å². The lowest BCUT2D eigenvalue weighted by molar-refractivity contribution is 0.224. The third-order valence-electron chi connectivity index (χ3n) is 3.36. The van der Waals surface area contributed by atoms with Crippen LogP contribution in [0.5, 0.6) is 0 Å². The highest BCUT2D eigenvalue weighted by Gasteiger charge is 2.18.